The van der Waals surface area contributed by atoms with Crippen LogP contribution in [0.1, 0.15) is 0 Å². The largest absolute Gasteiger partial charge is 0.455 e. The standard InChI is InChI=1S/C55H32N6OS/c1-4-15-33(16-5-1)36-27-29-39-38-21-10-12-25-44(38)61(45(39)31-36)55-59-52(35-19-8-3-9-20-35)58-54(60-55)43-24-14-23-41-40-30-28-37(32-46(40)62-50(41)43)53-56-48(34-17-6-2-7-18-34)51-49(57-53)42-22-11-13-26-47(42)63-51/h1-32H. The van der Waals surface area contributed by atoms with Crippen molar-refractivity contribution in [3.05, 3.63) is 194 Å². The lowest BCUT2D eigenvalue weighted by Gasteiger charge is -2.11. The molecule has 0 spiro atoms. The van der Waals surface area contributed by atoms with Crippen LogP contribution in [0, 0.1) is 0 Å². The number of rotatable bonds is 6. The van der Waals surface area contributed by atoms with Gasteiger partial charge in [0.05, 0.1) is 32.5 Å². The van der Waals surface area contributed by atoms with Crippen molar-refractivity contribution in [3.8, 4) is 62.5 Å². The molecule has 0 atom stereocenters. The molecule has 5 aromatic heterocycles. The number of furan rings is 1. The topological polar surface area (TPSA) is 82.5 Å². The van der Waals surface area contributed by atoms with Gasteiger partial charge in [0.2, 0.25) is 5.95 Å². The Balaban J connectivity index is 1.01. The van der Waals surface area contributed by atoms with Crippen LogP contribution >= 0.6 is 11.3 Å². The summed E-state index contributed by atoms with van der Waals surface area (Å²) in [6, 6.07) is 66.8. The first-order chi connectivity index (χ1) is 31.2. The lowest BCUT2D eigenvalue weighted by Crippen LogP contribution is -2.06. The molecular formula is C55H32N6OS. The molecule has 13 aromatic rings. The van der Waals surface area contributed by atoms with Crippen LogP contribution in [0.3, 0.4) is 0 Å². The molecule has 0 bridgehead atoms. The molecule has 0 fully saturated rings. The number of thiophene rings is 1. The second kappa shape index (κ2) is 14.1. The molecule has 5 heterocycles. The third-order valence-corrected chi connectivity index (χ3v) is 13.1. The van der Waals surface area contributed by atoms with Gasteiger partial charge in [0.1, 0.15) is 11.2 Å². The molecule has 0 saturated heterocycles. The van der Waals surface area contributed by atoms with Gasteiger partial charge in [-0.15, -0.1) is 11.3 Å². The molecule has 0 aliphatic carbocycles. The summed E-state index contributed by atoms with van der Waals surface area (Å²) >= 11 is 1.73. The summed E-state index contributed by atoms with van der Waals surface area (Å²) in [5.74, 6) is 2.25. The number of hydrogen-bond acceptors (Lipinski definition) is 7. The summed E-state index contributed by atoms with van der Waals surface area (Å²) < 4.78 is 11.3. The van der Waals surface area contributed by atoms with E-state index in [9.17, 15) is 0 Å². The Bertz CT molecular complexity index is 3910. The first-order valence-corrected chi connectivity index (χ1v) is 21.6. The summed E-state index contributed by atoms with van der Waals surface area (Å²) in [6.07, 6.45) is 0. The van der Waals surface area contributed by atoms with Crippen molar-refractivity contribution < 1.29 is 4.42 Å². The lowest BCUT2D eigenvalue weighted by atomic mass is 10.0. The molecule has 0 radical (unpaired) electrons. The van der Waals surface area contributed by atoms with Crippen molar-refractivity contribution in [2.24, 2.45) is 0 Å². The highest BCUT2D eigenvalue weighted by molar-refractivity contribution is 7.26. The van der Waals surface area contributed by atoms with Gasteiger partial charge in [0.25, 0.3) is 0 Å². The fourth-order valence-corrected chi connectivity index (χ4v) is 10.1. The molecular weight excluding hydrogens is 793 g/mol. The predicted octanol–water partition coefficient (Wildman–Crippen LogP) is 14.4. The first-order valence-electron chi connectivity index (χ1n) is 20.8. The molecule has 0 saturated carbocycles. The summed E-state index contributed by atoms with van der Waals surface area (Å²) in [7, 11) is 0. The molecule has 13 rings (SSSR count). The SMILES string of the molecule is c1ccc(-c2ccc3c4ccccc4n(-c4nc(-c5ccccc5)nc(-c5cccc6c5oc5cc(-c7nc(-c8ccccc8)c8sc9ccccc9c8n7)ccc56)n4)c3c2)cc1. The quantitative estimate of drug-likeness (QED) is 0.166. The van der Waals surface area contributed by atoms with Gasteiger partial charge in [-0.25, -0.2) is 15.0 Å². The van der Waals surface area contributed by atoms with E-state index in [1.165, 1.54) is 4.70 Å². The number of benzene rings is 8. The average Bonchev–Trinajstić information content (AvgIpc) is 4.03. The minimum absolute atomic E-state index is 0.513. The Kier molecular flexibility index (Phi) is 7.94. The molecule has 294 valence electrons. The van der Waals surface area contributed by atoms with Crippen molar-refractivity contribution in [3.63, 3.8) is 0 Å². The van der Waals surface area contributed by atoms with Crippen LogP contribution in [0.5, 0.6) is 0 Å². The highest BCUT2D eigenvalue weighted by Crippen LogP contribution is 2.42. The number of fused-ring (bicyclic) bond motifs is 9. The highest BCUT2D eigenvalue weighted by atomic mass is 32.1. The molecule has 0 amide bonds. The Morgan fingerprint density at radius 3 is 1.86 bits per heavy atom. The summed E-state index contributed by atoms with van der Waals surface area (Å²) in [6.45, 7) is 0. The highest BCUT2D eigenvalue weighted by Gasteiger charge is 2.22. The van der Waals surface area contributed by atoms with Gasteiger partial charge in [0, 0.05) is 48.3 Å². The summed E-state index contributed by atoms with van der Waals surface area (Å²) in [5.41, 5.74) is 11.1. The third-order valence-electron chi connectivity index (χ3n) is 11.9. The normalized spacial score (nSPS) is 11.8. The smallest absolute Gasteiger partial charge is 0.238 e. The number of nitrogens with zero attached hydrogens (tertiary/aromatic N) is 6. The maximum Gasteiger partial charge on any atom is 0.238 e. The van der Waals surface area contributed by atoms with E-state index in [4.69, 9.17) is 29.3 Å². The van der Waals surface area contributed by atoms with Crippen LogP contribution in [-0.4, -0.2) is 29.5 Å². The summed E-state index contributed by atoms with van der Waals surface area (Å²) in [5, 5.41) is 5.31. The Hall–Kier alpha value is -8.33. The van der Waals surface area contributed by atoms with Gasteiger partial charge in [-0.3, -0.25) is 4.57 Å². The van der Waals surface area contributed by atoms with E-state index in [0.29, 0.717) is 29.0 Å². The Labute approximate surface area is 364 Å². The fourth-order valence-electron chi connectivity index (χ4n) is 8.92. The predicted molar refractivity (Wildman–Crippen MR) is 257 cm³/mol. The van der Waals surface area contributed by atoms with Gasteiger partial charge in [-0.05, 0) is 47.5 Å². The van der Waals surface area contributed by atoms with Crippen LogP contribution in [0.4, 0.5) is 0 Å². The van der Waals surface area contributed by atoms with Crippen LogP contribution in [0.25, 0.3) is 127 Å². The number of aromatic nitrogens is 6. The van der Waals surface area contributed by atoms with Crippen molar-refractivity contribution in [1.29, 1.82) is 0 Å². The van der Waals surface area contributed by atoms with E-state index in [1.807, 2.05) is 54.6 Å². The molecule has 63 heavy (non-hydrogen) atoms. The van der Waals surface area contributed by atoms with Crippen molar-refractivity contribution in [2.45, 2.75) is 0 Å². The van der Waals surface area contributed by atoms with Crippen molar-refractivity contribution in [1.82, 2.24) is 29.5 Å². The monoisotopic (exact) mass is 824 g/mol. The first kappa shape index (κ1) is 35.4. The Morgan fingerprint density at radius 2 is 1.03 bits per heavy atom. The minimum Gasteiger partial charge on any atom is -0.455 e. The van der Waals surface area contributed by atoms with Crippen molar-refractivity contribution in [2.75, 3.05) is 0 Å². The number of hydrogen-bond donors (Lipinski definition) is 0. The zero-order valence-corrected chi connectivity index (χ0v) is 34.3. The molecule has 0 unspecified atom stereocenters. The van der Waals surface area contributed by atoms with Crippen molar-refractivity contribution >= 4 is 75.4 Å². The van der Waals surface area contributed by atoms with E-state index in [1.54, 1.807) is 11.3 Å². The van der Waals surface area contributed by atoms with Gasteiger partial charge in [-0.2, -0.15) is 9.97 Å². The van der Waals surface area contributed by atoms with Crippen LogP contribution in [0.15, 0.2) is 199 Å². The molecule has 8 aromatic carbocycles. The molecule has 7 nitrogen and oxygen atoms in total. The molecule has 0 aliphatic heterocycles. The van der Waals surface area contributed by atoms with E-state index in [-0.39, 0.29) is 0 Å². The van der Waals surface area contributed by atoms with Crippen LogP contribution < -0.4 is 0 Å². The lowest BCUT2D eigenvalue weighted by molar-refractivity contribution is 0.669. The van der Waals surface area contributed by atoms with Gasteiger partial charge < -0.3 is 4.42 Å². The van der Waals surface area contributed by atoms with Crippen LogP contribution in [-0.2, 0) is 0 Å². The second-order valence-corrected chi connectivity index (χ2v) is 16.7. The van der Waals surface area contributed by atoms with Crippen LogP contribution in [0.2, 0.25) is 0 Å². The third kappa shape index (κ3) is 5.76. The molecule has 0 N–H and O–H groups in total. The maximum atomic E-state index is 6.88. The van der Waals surface area contributed by atoms with E-state index >= 15 is 0 Å². The molecule has 0 aliphatic rings. The maximum absolute atomic E-state index is 6.88. The minimum atomic E-state index is 0.513. The van der Waals surface area contributed by atoms with E-state index in [0.717, 1.165) is 92.8 Å². The van der Waals surface area contributed by atoms with Gasteiger partial charge in [0.15, 0.2) is 17.5 Å². The average molecular weight is 825 g/mol. The fraction of sp³-hybridized carbons (Fsp3) is 0. The second-order valence-electron chi connectivity index (χ2n) is 15.6. The van der Waals surface area contributed by atoms with Gasteiger partial charge >= 0.3 is 0 Å². The van der Waals surface area contributed by atoms with E-state index < -0.39 is 0 Å². The van der Waals surface area contributed by atoms with Gasteiger partial charge in [-0.1, -0.05) is 158 Å². The summed E-state index contributed by atoms with van der Waals surface area (Å²) in [4.78, 5) is 26.1. The zero-order chi connectivity index (χ0) is 41.4. The number of para-hydroxylation sites is 2. The molecule has 8 heteroatoms. The zero-order valence-electron chi connectivity index (χ0n) is 33.5. The Morgan fingerprint density at radius 1 is 0.397 bits per heavy atom. The van der Waals surface area contributed by atoms with E-state index in [2.05, 4.69) is 144 Å².